The first kappa shape index (κ1) is 8.03. The van der Waals surface area contributed by atoms with E-state index in [1.165, 1.54) is 0 Å². The second kappa shape index (κ2) is 2.52. The summed E-state index contributed by atoms with van der Waals surface area (Å²) in [6.45, 7) is 0. The third kappa shape index (κ3) is 1.33. The maximum atomic E-state index is 12.5. The first-order valence-corrected chi connectivity index (χ1v) is 5.13. The number of alkyl halides is 3. The highest BCUT2D eigenvalue weighted by Crippen LogP contribution is 2.38. The van der Waals surface area contributed by atoms with Crippen LogP contribution in [0.4, 0.5) is 8.78 Å². The quantitative estimate of drug-likeness (QED) is 0.426. The predicted molar refractivity (Wildman–Crippen MR) is 40.6 cm³/mol. The Labute approximate surface area is 66.3 Å². The molecule has 1 unspecified atom stereocenters. The van der Waals surface area contributed by atoms with Crippen LogP contribution in [-0.2, 0) is 9.53 Å². The number of esters is 1. The fourth-order valence-electron chi connectivity index (χ4n) is 0.569. The van der Waals surface area contributed by atoms with Gasteiger partial charge in [0.25, 0.3) is 0 Å². The summed E-state index contributed by atoms with van der Waals surface area (Å²) < 4.78 is 29.5. The van der Waals surface area contributed by atoms with Crippen LogP contribution in [0.3, 0.4) is 0 Å². The molecule has 1 heterocycles. The Bertz CT molecular complexity index is 172. The van der Waals surface area contributed by atoms with E-state index in [0.717, 1.165) is 0 Å². The first-order chi connectivity index (χ1) is 4.56. The van der Waals surface area contributed by atoms with Crippen molar-refractivity contribution in [2.75, 3.05) is 0 Å². The smallest absolute Gasteiger partial charge is 0.327 e. The molecule has 0 aromatic carbocycles. The van der Waals surface area contributed by atoms with Crippen LogP contribution in [0.2, 0.25) is 0 Å². The molecule has 0 amide bonds. The molecule has 0 aromatic rings. The van der Waals surface area contributed by atoms with Crippen molar-refractivity contribution in [3.63, 3.8) is 0 Å². The molecule has 1 aliphatic heterocycles. The number of cyclic esters (lactones) is 1. The topological polar surface area (TPSA) is 26.3 Å². The molecule has 1 aliphatic rings. The molecule has 0 aliphatic carbocycles. The van der Waals surface area contributed by atoms with Crippen LogP contribution in [0.5, 0.6) is 0 Å². The van der Waals surface area contributed by atoms with E-state index in [9.17, 15) is 13.6 Å². The summed E-state index contributed by atoms with van der Waals surface area (Å²) in [6.07, 6.45) is -1.33. The summed E-state index contributed by atoms with van der Waals surface area (Å²) in [5.41, 5.74) is 0. The van der Waals surface area contributed by atoms with Crippen molar-refractivity contribution in [1.29, 1.82) is 0 Å². The Morgan fingerprint density at radius 3 is 2.60 bits per heavy atom. The van der Waals surface area contributed by atoms with Crippen LogP contribution >= 0.6 is 20.7 Å². The standard InChI is InChI=1S/C5H5F2IO2/c1-8-5(6,7)3-2-4(9)10-3/h3H,1-2H2. The zero-order chi connectivity index (χ0) is 7.78. The highest BCUT2D eigenvalue weighted by atomic mass is 127. The van der Waals surface area contributed by atoms with Gasteiger partial charge in [0.2, 0.25) is 0 Å². The van der Waals surface area contributed by atoms with Crippen molar-refractivity contribution in [2.45, 2.75) is 16.5 Å². The second-order valence-corrected chi connectivity index (χ2v) is 4.06. The van der Waals surface area contributed by atoms with Crippen LogP contribution in [0.1, 0.15) is 6.42 Å². The molecule has 0 radical (unpaired) electrons. The van der Waals surface area contributed by atoms with Crippen molar-refractivity contribution in [3.8, 4) is 0 Å². The number of ether oxygens (including phenoxy) is 1. The SMILES string of the molecule is C=IC(F)(F)C1CC(=O)O1. The Hall–Kier alpha value is -0.0700. The van der Waals surface area contributed by atoms with Gasteiger partial charge in [-0.15, -0.1) is 0 Å². The Kier molecular flexibility index (Phi) is 2.02. The summed E-state index contributed by atoms with van der Waals surface area (Å²) >= 11 is -1.41. The zero-order valence-corrected chi connectivity index (χ0v) is 7.10. The van der Waals surface area contributed by atoms with Crippen molar-refractivity contribution >= 4 is 31.2 Å². The van der Waals surface area contributed by atoms with E-state index in [0.29, 0.717) is 0 Å². The van der Waals surface area contributed by atoms with Crippen molar-refractivity contribution in [3.05, 3.63) is 0 Å². The number of hydrogen-bond donors (Lipinski definition) is 0. The molecule has 10 heavy (non-hydrogen) atoms. The van der Waals surface area contributed by atoms with Crippen molar-refractivity contribution in [2.24, 2.45) is 0 Å². The summed E-state index contributed by atoms with van der Waals surface area (Å²) in [4.78, 5) is 10.1. The Morgan fingerprint density at radius 2 is 2.30 bits per heavy atom. The molecule has 2 nitrogen and oxygen atoms in total. The number of carbonyl (C=O) groups excluding carboxylic acids is 1. The predicted octanol–water partition coefficient (Wildman–Crippen LogP) is 1.30. The lowest BCUT2D eigenvalue weighted by Crippen LogP contribution is -2.43. The van der Waals surface area contributed by atoms with Gasteiger partial charge in [0.1, 0.15) is 0 Å². The molecule has 5 heteroatoms. The molecule has 1 rings (SSSR count). The fourth-order valence-corrected chi connectivity index (χ4v) is 1.41. The van der Waals surface area contributed by atoms with Gasteiger partial charge in [0.05, 0.1) is 6.42 Å². The van der Waals surface area contributed by atoms with E-state index >= 15 is 0 Å². The van der Waals surface area contributed by atoms with Crippen LogP contribution in [0, 0.1) is 0 Å². The normalized spacial score (nSPS) is 25.4. The lowest BCUT2D eigenvalue weighted by atomic mass is 10.2. The average molecular weight is 262 g/mol. The van der Waals surface area contributed by atoms with Gasteiger partial charge in [0, 0.05) is 0 Å². The summed E-state index contributed by atoms with van der Waals surface area (Å²) in [7, 11) is 0. The molecule has 0 spiro atoms. The number of carbonyl (C=O) groups is 1. The minimum Gasteiger partial charge on any atom is -0.454 e. The van der Waals surface area contributed by atoms with Gasteiger partial charge >= 0.3 is 9.90 Å². The number of rotatable bonds is 2. The van der Waals surface area contributed by atoms with Gasteiger partial charge in [-0.3, -0.25) is 4.79 Å². The van der Waals surface area contributed by atoms with E-state index in [1.54, 1.807) is 0 Å². The van der Waals surface area contributed by atoms with Gasteiger partial charge in [0.15, 0.2) is 6.10 Å². The molecule has 0 aromatic heterocycles. The largest absolute Gasteiger partial charge is 0.454 e. The third-order valence-electron chi connectivity index (χ3n) is 1.17. The zero-order valence-electron chi connectivity index (χ0n) is 4.94. The average Bonchev–Trinajstić information content (AvgIpc) is 1.81. The van der Waals surface area contributed by atoms with Crippen molar-refractivity contribution < 1.29 is 18.3 Å². The Morgan fingerprint density at radius 1 is 1.80 bits per heavy atom. The second-order valence-electron chi connectivity index (χ2n) is 1.86. The van der Waals surface area contributed by atoms with Gasteiger partial charge in [-0.2, -0.15) is 8.78 Å². The summed E-state index contributed by atoms with van der Waals surface area (Å²) in [5, 5.41) is 0. The van der Waals surface area contributed by atoms with Crippen LogP contribution in [-0.4, -0.2) is 20.5 Å². The highest BCUT2D eigenvalue weighted by Gasteiger charge is 2.47. The van der Waals surface area contributed by atoms with Gasteiger partial charge in [-0.1, -0.05) is 4.51 Å². The molecular formula is C5H5F2IO2. The summed E-state index contributed by atoms with van der Waals surface area (Å²) in [5.74, 6) is -0.540. The fraction of sp³-hybridized carbons (Fsp3) is 0.600. The molecular weight excluding hydrogens is 257 g/mol. The molecule has 1 fully saturated rings. The minimum atomic E-state index is -2.83. The minimum absolute atomic E-state index is 0.151. The number of hydrogen-bond acceptors (Lipinski definition) is 2. The lowest BCUT2D eigenvalue weighted by molar-refractivity contribution is -0.186. The molecule has 1 saturated heterocycles. The molecule has 0 bridgehead atoms. The molecule has 0 N–H and O–H groups in total. The van der Waals surface area contributed by atoms with E-state index in [4.69, 9.17) is 0 Å². The molecule has 1 atom stereocenters. The molecule has 0 saturated carbocycles. The van der Waals surface area contributed by atoms with Crippen LogP contribution in [0.25, 0.3) is 0 Å². The summed E-state index contributed by atoms with van der Waals surface area (Å²) in [6, 6.07) is 0. The van der Waals surface area contributed by atoms with E-state index in [-0.39, 0.29) is 6.42 Å². The third-order valence-corrected chi connectivity index (χ3v) is 2.88. The van der Waals surface area contributed by atoms with Crippen LogP contribution in [0.15, 0.2) is 0 Å². The maximum Gasteiger partial charge on any atom is 0.327 e. The van der Waals surface area contributed by atoms with Gasteiger partial charge in [-0.05, 0) is 20.7 Å². The van der Waals surface area contributed by atoms with Crippen LogP contribution < -0.4 is 0 Å². The lowest BCUT2D eigenvalue weighted by Gasteiger charge is -2.29. The van der Waals surface area contributed by atoms with E-state index in [1.807, 2.05) is 0 Å². The van der Waals surface area contributed by atoms with E-state index < -0.39 is 36.7 Å². The number of halogens is 3. The van der Waals surface area contributed by atoms with E-state index in [2.05, 4.69) is 9.25 Å². The monoisotopic (exact) mass is 262 g/mol. The van der Waals surface area contributed by atoms with Crippen molar-refractivity contribution in [1.82, 2.24) is 0 Å². The van der Waals surface area contributed by atoms with Gasteiger partial charge in [-0.25, -0.2) is 0 Å². The highest BCUT2D eigenvalue weighted by molar-refractivity contribution is 14.2. The Balaban J connectivity index is 2.51. The molecule has 58 valence electrons. The van der Waals surface area contributed by atoms with Gasteiger partial charge < -0.3 is 4.74 Å². The first-order valence-electron chi connectivity index (χ1n) is 2.53. The maximum absolute atomic E-state index is 12.5.